The molecule has 106 valence electrons. The second kappa shape index (κ2) is 5.24. The standard InChI is InChI=1S/C14H16N2O4/c1-15-14(18)8-7-9(17)12-10(19-3)5-6-11(20-4)13(12)16(8)2/h5-7H,1-4H3,(H,15,18). The van der Waals surface area contributed by atoms with E-state index in [0.29, 0.717) is 22.4 Å². The van der Waals surface area contributed by atoms with Crippen LogP contribution in [0.1, 0.15) is 10.5 Å². The van der Waals surface area contributed by atoms with E-state index in [1.807, 2.05) is 0 Å². The van der Waals surface area contributed by atoms with Crippen LogP contribution in [-0.4, -0.2) is 31.7 Å². The van der Waals surface area contributed by atoms with Gasteiger partial charge in [0.05, 0.1) is 25.1 Å². The summed E-state index contributed by atoms with van der Waals surface area (Å²) >= 11 is 0. The van der Waals surface area contributed by atoms with Crippen LogP contribution in [0.2, 0.25) is 0 Å². The van der Waals surface area contributed by atoms with Crippen molar-refractivity contribution in [1.82, 2.24) is 9.88 Å². The fraction of sp³-hybridized carbons (Fsp3) is 0.286. The number of carbonyl (C=O) groups excluding carboxylic acids is 1. The van der Waals surface area contributed by atoms with E-state index in [2.05, 4.69) is 5.32 Å². The van der Waals surface area contributed by atoms with Crippen LogP contribution in [0, 0.1) is 0 Å². The minimum Gasteiger partial charge on any atom is -0.496 e. The van der Waals surface area contributed by atoms with E-state index < -0.39 is 0 Å². The molecular weight excluding hydrogens is 260 g/mol. The van der Waals surface area contributed by atoms with Gasteiger partial charge >= 0.3 is 0 Å². The number of fused-ring (bicyclic) bond motifs is 1. The van der Waals surface area contributed by atoms with Crippen LogP contribution in [0.15, 0.2) is 23.0 Å². The van der Waals surface area contributed by atoms with E-state index in [1.165, 1.54) is 27.3 Å². The highest BCUT2D eigenvalue weighted by molar-refractivity contribution is 5.98. The molecule has 0 aliphatic heterocycles. The highest BCUT2D eigenvalue weighted by Gasteiger charge is 2.18. The van der Waals surface area contributed by atoms with Crippen molar-refractivity contribution in [1.29, 1.82) is 0 Å². The van der Waals surface area contributed by atoms with Crippen molar-refractivity contribution in [2.45, 2.75) is 0 Å². The Morgan fingerprint density at radius 1 is 1.20 bits per heavy atom. The summed E-state index contributed by atoms with van der Waals surface area (Å²) in [5.74, 6) is 0.618. The van der Waals surface area contributed by atoms with Crippen LogP contribution in [0.5, 0.6) is 11.5 Å². The van der Waals surface area contributed by atoms with Gasteiger partial charge in [-0.05, 0) is 12.1 Å². The quantitative estimate of drug-likeness (QED) is 0.905. The Balaban J connectivity index is 2.98. The Morgan fingerprint density at radius 3 is 2.35 bits per heavy atom. The highest BCUT2D eigenvalue weighted by atomic mass is 16.5. The predicted octanol–water partition coefficient (Wildman–Crippen LogP) is 0.915. The summed E-state index contributed by atoms with van der Waals surface area (Å²) in [4.78, 5) is 24.1. The monoisotopic (exact) mass is 276 g/mol. The van der Waals surface area contributed by atoms with Crippen molar-refractivity contribution in [3.63, 3.8) is 0 Å². The Morgan fingerprint density at radius 2 is 1.80 bits per heavy atom. The zero-order chi connectivity index (χ0) is 14.9. The minimum absolute atomic E-state index is 0.261. The fourth-order valence-electron chi connectivity index (χ4n) is 2.22. The van der Waals surface area contributed by atoms with Crippen LogP contribution in [0.3, 0.4) is 0 Å². The first-order chi connectivity index (χ1) is 9.54. The van der Waals surface area contributed by atoms with Crippen LogP contribution in [0.4, 0.5) is 0 Å². The highest BCUT2D eigenvalue weighted by Crippen LogP contribution is 2.30. The predicted molar refractivity (Wildman–Crippen MR) is 75.7 cm³/mol. The summed E-state index contributed by atoms with van der Waals surface area (Å²) in [6.45, 7) is 0. The van der Waals surface area contributed by atoms with Crippen LogP contribution < -0.4 is 20.2 Å². The molecule has 6 nitrogen and oxygen atoms in total. The smallest absolute Gasteiger partial charge is 0.267 e. The molecule has 0 unspecified atom stereocenters. The average Bonchev–Trinajstić information content (AvgIpc) is 2.48. The maximum Gasteiger partial charge on any atom is 0.267 e. The summed E-state index contributed by atoms with van der Waals surface area (Å²) in [6, 6.07) is 4.67. The molecular formula is C14H16N2O4. The lowest BCUT2D eigenvalue weighted by atomic mass is 10.1. The van der Waals surface area contributed by atoms with E-state index in [0.717, 1.165) is 0 Å². The molecule has 20 heavy (non-hydrogen) atoms. The van der Waals surface area contributed by atoms with Gasteiger partial charge < -0.3 is 19.4 Å². The molecule has 6 heteroatoms. The third kappa shape index (κ3) is 1.99. The molecule has 1 amide bonds. The van der Waals surface area contributed by atoms with Gasteiger partial charge in [0.1, 0.15) is 17.2 Å². The molecule has 0 spiro atoms. The second-order valence-electron chi connectivity index (χ2n) is 4.23. The Bertz CT molecular complexity index is 734. The average molecular weight is 276 g/mol. The van der Waals surface area contributed by atoms with E-state index in [4.69, 9.17) is 9.47 Å². The number of hydrogen-bond donors (Lipinski definition) is 1. The minimum atomic E-state index is -0.337. The van der Waals surface area contributed by atoms with Gasteiger partial charge in [-0.1, -0.05) is 0 Å². The lowest BCUT2D eigenvalue weighted by molar-refractivity contribution is 0.0954. The van der Waals surface area contributed by atoms with Gasteiger partial charge in [0.25, 0.3) is 5.91 Å². The van der Waals surface area contributed by atoms with Gasteiger partial charge in [-0.3, -0.25) is 9.59 Å². The summed E-state index contributed by atoms with van der Waals surface area (Å²) in [7, 11) is 6.22. The van der Waals surface area contributed by atoms with Crippen molar-refractivity contribution in [2.75, 3.05) is 21.3 Å². The van der Waals surface area contributed by atoms with Gasteiger partial charge in [0.2, 0.25) is 0 Å². The number of pyridine rings is 1. The van der Waals surface area contributed by atoms with Crippen molar-refractivity contribution in [3.8, 4) is 11.5 Å². The van der Waals surface area contributed by atoms with Crippen molar-refractivity contribution in [3.05, 3.63) is 34.1 Å². The Hall–Kier alpha value is -2.50. The molecule has 0 bridgehead atoms. The molecule has 0 saturated carbocycles. The molecule has 0 radical (unpaired) electrons. The maximum atomic E-state index is 12.3. The van der Waals surface area contributed by atoms with E-state index in [9.17, 15) is 9.59 Å². The number of aryl methyl sites for hydroxylation is 1. The van der Waals surface area contributed by atoms with Gasteiger partial charge in [0.15, 0.2) is 5.43 Å². The van der Waals surface area contributed by atoms with Crippen LogP contribution in [0.25, 0.3) is 10.9 Å². The normalized spacial score (nSPS) is 10.4. The lowest BCUT2D eigenvalue weighted by Crippen LogP contribution is -2.25. The van der Waals surface area contributed by atoms with Gasteiger partial charge in [-0.15, -0.1) is 0 Å². The Labute approximate surface area is 115 Å². The molecule has 1 aromatic heterocycles. The van der Waals surface area contributed by atoms with Crippen LogP contribution >= 0.6 is 0 Å². The van der Waals surface area contributed by atoms with Crippen molar-refractivity contribution >= 4 is 16.8 Å². The molecule has 1 N–H and O–H groups in total. The SMILES string of the molecule is CNC(=O)c1cc(=O)c2c(OC)ccc(OC)c2n1C. The fourth-order valence-corrected chi connectivity index (χ4v) is 2.22. The Kier molecular flexibility index (Phi) is 3.65. The molecule has 1 heterocycles. The van der Waals surface area contributed by atoms with Crippen molar-refractivity contribution < 1.29 is 14.3 Å². The molecule has 0 aliphatic carbocycles. The molecule has 0 aliphatic rings. The molecule has 2 aromatic rings. The lowest BCUT2D eigenvalue weighted by Gasteiger charge is -2.15. The summed E-state index contributed by atoms with van der Waals surface area (Å²) < 4.78 is 12.1. The van der Waals surface area contributed by atoms with Gasteiger partial charge in [0, 0.05) is 20.2 Å². The zero-order valence-electron chi connectivity index (χ0n) is 11.8. The first-order valence-electron chi connectivity index (χ1n) is 6.02. The number of methoxy groups -OCH3 is 2. The van der Waals surface area contributed by atoms with Crippen LogP contribution in [-0.2, 0) is 7.05 Å². The van der Waals surface area contributed by atoms with E-state index in [-0.39, 0.29) is 17.0 Å². The third-order valence-electron chi connectivity index (χ3n) is 3.21. The molecule has 0 atom stereocenters. The van der Waals surface area contributed by atoms with Gasteiger partial charge in [-0.2, -0.15) is 0 Å². The number of aromatic nitrogens is 1. The first kappa shape index (κ1) is 13.9. The topological polar surface area (TPSA) is 69.6 Å². The van der Waals surface area contributed by atoms with Crippen molar-refractivity contribution in [2.24, 2.45) is 7.05 Å². The number of nitrogens with zero attached hydrogens (tertiary/aromatic N) is 1. The molecule has 2 rings (SSSR count). The summed E-state index contributed by atoms with van der Waals surface area (Å²) in [5.41, 5.74) is 0.502. The zero-order valence-corrected chi connectivity index (χ0v) is 11.8. The number of nitrogens with one attached hydrogen (secondary N) is 1. The second-order valence-corrected chi connectivity index (χ2v) is 4.23. The number of hydrogen-bond acceptors (Lipinski definition) is 4. The number of ether oxygens (including phenoxy) is 2. The van der Waals surface area contributed by atoms with E-state index >= 15 is 0 Å². The number of amides is 1. The number of rotatable bonds is 3. The molecule has 0 fully saturated rings. The van der Waals surface area contributed by atoms with E-state index in [1.54, 1.807) is 23.7 Å². The van der Waals surface area contributed by atoms with Gasteiger partial charge in [-0.25, -0.2) is 0 Å². The largest absolute Gasteiger partial charge is 0.496 e. The summed E-state index contributed by atoms with van der Waals surface area (Å²) in [6.07, 6.45) is 0. The first-order valence-corrected chi connectivity index (χ1v) is 6.02. The number of carbonyl (C=O) groups is 1. The summed E-state index contributed by atoms with van der Waals surface area (Å²) in [5, 5.41) is 2.90. The number of benzene rings is 1. The molecule has 0 saturated heterocycles. The maximum absolute atomic E-state index is 12.3. The third-order valence-corrected chi connectivity index (χ3v) is 3.21. The molecule has 1 aromatic carbocycles.